The molecule has 0 bridgehead atoms. The summed E-state index contributed by atoms with van der Waals surface area (Å²) in [7, 11) is 1.34. The second kappa shape index (κ2) is 5.22. The van der Waals surface area contributed by atoms with Gasteiger partial charge in [0, 0.05) is 23.6 Å². The van der Waals surface area contributed by atoms with Gasteiger partial charge in [0.15, 0.2) is 11.6 Å². The molecule has 0 unspecified atom stereocenters. The zero-order valence-corrected chi connectivity index (χ0v) is 10.6. The maximum atomic E-state index is 14.3. The molecule has 2 rings (SSSR count). The van der Waals surface area contributed by atoms with Crippen molar-refractivity contribution in [3.05, 3.63) is 29.3 Å². The third-order valence-corrected chi connectivity index (χ3v) is 4.00. The van der Waals surface area contributed by atoms with Crippen molar-refractivity contribution in [2.45, 2.75) is 37.5 Å². The van der Waals surface area contributed by atoms with Gasteiger partial charge in [0.2, 0.25) is 0 Å². The number of rotatable bonds is 3. The summed E-state index contributed by atoms with van der Waals surface area (Å²) in [5.41, 5.74) is 5.79. The van der Waals surface area contributed by atoms with Gasteiger partial charge in [0.25, 0.3) is 0 Å². The Balaban J connectivity index is 2.50. The first kappa shape index (κ1) is 13.3. The molecule has 0 aromatic heterocycles. The largest absolute Gasteiger partial charge is 0.494 e. The van der Waals surface area contributed by atoms with Crippen LogP contribution in [0, 0.1) is 11.6 Å². The normalized spacial score (nSPS) is 18.7. The second-order valence-electron chi connectivity index (χ2n) is 5.01. The standard InChI is InChI=1S/C14H19F2NO/c1-18-12-8-10(15)7-11(13(12)16)14(9-17)5-3-2-4-6-14/h7-8H,2-6,9,17H2,1H3. The van der Waals surface area contributed by atoms with Crippen molar-refractivity contribution in [2.75, 3.05) is 13.7 Å². The summed E-state index contributed by atoms with van der Waals surface area (Å²) < 4.78 is 32.8. The van der Waals surface area contributed by atoms with E-state index in [2.05, 4.69) is 0 Å². The summed E-state index contributed by atoms with van der Waals surface area (Å²) in [6.07, 6.45) is 4.78. The molecule has 0 spiro atoms. The molecule has 0 amide bonds. The first-order valence-corrected chi connectivity index (χ1v) is 6.36. The molecule has 0 atom stereocenters. The van der Waals surface area contributed by atoms with Crippen LogP contribution in [-0.4, -0.2) is 13.7 Å². The molecule has 2 nitrogen and oxygen atoms in total. The van der Waals surface area contributed by atoms with E-state index in [1.807, 2.05) is 0 Å². The Kier molecular flexibility index (Phi) is 3.85. The van der Waals surface area contributed by atoms with Gasteiger partial charge < -0.3 is 10.5 Å². The summed E-state index contributed by atoms with van der Waals surface area (Å²) in [4.78, 5) is 0. The molecule has 1 aliphatic carbocycles. The van der Waals surface area contributed by atoms with E-state index in [9.17, 15) is 8.78 Å². The van der Waals surface area contributed by atoms with E-state index in [0.29, 0.717) is 12.1 Å². The van der Waals surface area contributed by atoms with Crippen LogP contribution < -0.4 is 10.5 Å². The highest BCUT2D eigenvalue weighted by Crippen LogP contribution is 2.41. The van der Waals surface area contributed by atoms with Crippen molar-refractivity contribution in [1.29, 1.82) is 0 Å². The maximum absolute atomic E-state index is 14.3. The van der Waals surface area contributed by atoms with Gasteiger partial charge in [0.1, 0.15) is 5.82 Å². The second-order valence-corrected chi connectivity index (χ2v) is 5.01. The Hall–Kier alpha value is -1.16. The van der Waals surface area contributed by atoms with Gasteiger partial charge in [-0.15, -0.1) is 0 Å². The van der Waals surface area contributed by atoms with Crippen LogP contribution >= 0.6 is 0 Å². The zero-order valence-electron chi connectivity index (χ0n) is 10.6. The molecular weight excluding hydrogens is 236 g/mol. The number of hydrogen-bond donors (Lipinski definition) is 1. The minimum absolute atomic E-state index is 0.0385. The molecule has 1 aliphatic rings. The predicted octanol–water partition coefficient (Wildman–Crippen LogP) is 3.13. The highest BCUT2D eigenvalue weighted by Gasteiger charge is 2.36. The lowest BCUT2D eigenvalue weighted by molar-refractivity contribution is 0.284. The van der Waals surface area contributed by atoms with Gasteiger partial charge in [-0.05, 0) is 18.9 Å². The molecule has 18 heavy (non-hydrogen) atoms. The van der Waals surface area contributed by atoms with Crippen LogP contribution in [0.1, 0.15) is 37.7 Å². The minimum atomic E-state index is -0.471. The topological polar surface area (TPSA) is 35.2 Å². The lowest BCUT2D eigenvalue weighted by Gasteiger charge is -2.37. The SMILES string of the molecule is COc1cc(F)cc(C2(CN)CCCCC2)c1F. The van der Waals surface area contributed by atoms with Gasteiger partial charge in [-0.2, -0.15) is 0 Å². The van der Waals surface area contributed by atoms with E-state index in [1.54, 1.807) is 0 Å². The molecule has 0 saturated heterocycles. The smallest absolute Gasteiger partial charge is 0.169 e. The average Bonchev–Trinajstić information content (AvgIpc) is 2.41. The van der Waals surface area contributed by atoms with Gasteiger partial charge in [0.05, 0.1) is 7.11 Å². The van der Waals surface area contributed by atoms with Crippen molar-refractivity contribution < 1.29 is 13.5 Å². The van der Waals surface area contributed by atoms with Crippen LogP contribution in [0.15, 0.2) is 12.1 Å². The molecule has 4 heteroatoms. The van der Waals surface area contributed by atoms with Gasteiger partial charge in [-0.3, -0.25) is 0 Å². The molecule has 0 radical (unpaired) electrons. The lowest BCUT2D eigenvalue weighted by Crippen LogP contribution is -2.38. The molecule has 2 N–H and O–H groups in total. The summed E-state index contributed by atoms with van der Waals surface area (Å²) in [6, 6.07) is 2.35. The quantitative estimate of drug-likeness (QED) is 0.900. The highest BCUT2D eigenvalue weighted by atomic mass is 19.1. The number of ether oxygens (including phenoxy) is 1. The number of halogens is 2. The van der Waals surface area contributed by atoms with Crippen molar-refractivity contribution in [1.82, 2.24) is 0 Å². The van der Waals surface area contributed by atoms with Gasteiger partial charge >= 0.3 is 0 Å². The van der Waals surface area contributed by atoms with E-state index in [0.717, 1.165) is 38.2 Å². The van der Waals surface area contributed by atoms with Crippen molar-refractivity contribution in [3.8, 4) is 5.75 Å². The Labute approximate surface area is 106 Å². The molecule has 1 saturated carbocycles. The van der Waals surface area contributed by atoms with E-state index >= 15 is 0 Å². The first-order valence-electron chi connectivity index (χ1n) is 6.36. The maximum Gasteiger partial charge on any atom is 0.169 e. The number of nitrogens with two attached hydrogens (primary N) is 1. The summed E-state index contributed by atoms with van der Waals surface area (Å²) in [5.74, 6) is -0.976. The molecule has 0 heterocycles. The van der Waals surface area contributed by atoms with E-state index in [1.165, 1.54) is 13.2 Å². The lowest BCUT2D eigenvalue weighted by atomic mass is 9.69. The first-order chi connectivity index (χ1) is 8.63. The highest BCUT2D eigenvalue weighted by molar-refractivity contribution is 5.37. The van der Waals surface area contributed by atoms with E-state index in [-0.39, 0.29) is 5.75 Å². The van der Waals surface area contributed by atoms with Crippen LogP contribution in [0.4, 0.5) is 8.78 Å². The van der Waals surface area contributed by atoms with Crippen molar-refractivity contribution in [2.24, 2.45) is 5.73 Å². The van der Waals surface area contributed by atoms with Gasteiger partial charge in [-0.25, -0.2) is 8.78 Å². The van der Waals surface area contributed by atoms with Crippen molar-refractivity contribution in [3.63, 3.8) is 0 Å². The van der Waals surface area contributed by atoms with E-state index in [4.69, 9.17) is 10.5 Å². The third kappa shape index (κ3) is 2.21. The minimum Gasteiger partial charge on any atom is -0.494 e. The number of benzene rings is 1. The number of methoxy groups -OCH3 is 1. The zero-order chi connectivity index (χ0) is 13.2. The van der Waals surface area contributed by atoms with Crippen LogP contribution in [0.3, 0.4) is 0 Å². The fraction of sp³-hybridized carbons (Fsp3) is 0.571. The molecule has 100 valence electrons. The monoisotopic (exact) mass is 255 g/mol. The summed E-state index contributed by atoms with van der Waals surface area (Å²) in [5, 5.41) is 0. The van der Waals surface area contributed by atoms with Crippen LogP contribution in [-0.2, 0) is 5.41 Å². The Morgan fingerprint density at radius 2 is 1.89 bits per heavy atom. The van der Waals surface area contributed by atoms with Crippen LogP contribution in [0.25, 0.3) is 0 Å². The Morgan fingerprint density at radius 3 is 2.44 bits per heavy atom. The Morgan fingerprint density at radius 1 is 1.22 bits per heavy atom. The fourth-order valence-corrected chi connectivity index (χ4v) is 2.91. The van der Waals surface area contributed by atoms with Crippen molar-refractivity contribution >= 4 is 0 Å². The molecule has 1 aromatic carbocycles. The van der Waals surface area contributed by atoms with Crippen LogP contribution in [0.5, 0.6) is 5.75 Å². The summed E-state index contributed by atoms with van der Waals surface area (Å²) >= 11 is 0. The fourth-order valence-electron chi connectivity index (χ4n) is 2.91. The van der Waals surface area contributed by atoms with Gasteiger partial charge in [-0.1, -0.05) is 19.3 Å². The summed E-state index contributed by atoms with van der Waals surface area (Å²) in [6.45, 7) is 0.344. The van der Waals surface area contributed by atoms with E-state index < -0.39 is 17.0 Å². The molecular formula is C14H19F2NO. The number of hydrogen-bond acceptors (Lipinski definition) is 2. The average molecular weight is 255 g/mol. The predicted molar refractivity (Wildman–Crippen MR) is 66.7 cm³/mol. The third-order valence-electron chi connectivity index (χ3n) is 4.00. The molecule has 0 aliphatic heterocycles. The Bertz CT molecular complexity index is 428. The van der Waals surface area contributed by atoms with Crippen LogP contribution in [0.2, 0.25) is 0 Å². The molecule has 1 fully saturated rings. The molecule has 1 aromatic rings.